The Morgan fingerprint density at radius 2 is 2.11 bits per heavy atom. The van der Waals surface area contributed by atoms with Crippen molar-refractivity contribution in [1.29, 1.82) is 0 Å². The zero-order valence-electron chi connectivity index (χ0n) is 10.3. The van der Waals surface area contributed by atoms with Gasteiger partial charge in [0, 0.05) is 12.1 Å². The normalized spacial score (nSPS) is 24.6. The van der Waals surface area contributed by atoms with Crippen LogP contribution in [0.4, 0.5) is 0 Å². The van der Waals surface area contributed by atoms with Crippen molar-refractivity contribution in [3.63, 3.8) is 0 Å². The molecule has 4 nitrogen and oxygen atoms in total. The molecule has 0 saturated heterocycles. The first kappa shape index (κ1) is 11.8. The summed E-state index contributed by atoms with van der Waals surface area (Å²) < 4.78 is 1.86. The van der Waals surface area contributed by atoms with Crippen LogP contribution in [0.3, 0.4) is 0 Å². The number of pyridine rings is 1. The quantitative estimate of drug-likeness (QED) is 0.806. The third-order valence-electron chi connectivity index (χ3n) is 3.92. The van der Waals surface area contributed by atoms with Crippen molar-refractivity contribution in [3.8, 4) is 0 Å². The molecule has 0 aliphatic heterocycles. The number of halogens is 1. The highest BCUT2D eigenvalue weighted by Gasteiger charge is 2.22. The summed E-state index contributed by atoms with van der Waals surface area (Å²) in [6, 6.07) is 2.06. The van der Waals surface area contributed by atoms with Gasteiger partial charge in [0.2, 0.25) is 0 Å². The Kier molecular flexibility index (Phi) is 2.90. The first-order chi connectivity index (χ1) is 8.65. The van der Waals surface area contributed by atoms with Gasteiger partial charge in [0.05, 0.1) is 17.2 Å². The van der Waals surface area contributed by atoms with Gasteiger partial charge in [-0.2, -0.15) is 0 Å². The topological polar surface area (TPSA) is 50.7 Å². The number of nitrogens with one attached hydrogen (secondary N) is 1. The second kappa shape index (κ2) is 4.43. The summed E-state index contributed by atoms with van der Waals surface area (Å²) in [4.78, 5) is 18.9. The molecule has 2 aromatic rings. The minimum Gasteiger partial charge on any atom is -0.304 e. The SMILES string of the molecule is CC1CCC(n2c(=O)[nH]c3cnc(Cl)cc32)CC1. The molecule has 0 bridgehead atoms. The molecule has 5 heteroatoms. The number of nitrogens with zero attached hydrogens (tertiary/aromatic N) is 2. The molecule has 1 aliphatic carbocycles. The zero-order valence-corrected chi connectivity index (χ0v) is 11.1. The number of rotatable bonds is 1. The number of hydrogen-bond donors (Lipinski definition) is 1. The summed E-state index contributed by atoms with van der Waals surface area (Å²) in [5, 5.41) is 0.430. The standard InChI is InChI=1S/C13H16ClN3O/c1-8-2-4-9(5-3-8)17-11-6-12(14)15-7-10(11)16-13(17)18/h6-9H,2-5H2,1H3,(H,16,18). The summed E-state index contributed by atoms with van der Waals surface area (Å²) in [6.07, 6.45) is 6.12. The molecule has 2 aromatic heterocycles. The minimum atomic E-state index is -0.0476. The van der Waals surface area contributed by atoms with Crippen molar-refractivity contribution in [3.05, 3.63) is 27.9 Å². The molecular weight excluding hydrogens is 250 g/mol. The molecule has 3 rings (SSSR count). The van der Waals surface area contributed by atoms with Gasteiger partial charge >= 0.3 is 5.69 Å². The predicted molar refractivity (Wildman–Crippen MR) is 72.0 cm³/mol. The molecule has 0 unspecified atom stereocenters. The molecular formula is C13H16ClN3O. The van der Waals surface area contributed by atoms with Gasteiger partial charge in [-0.15, -0.1) is 0 Å². The van der Waals surface area contributed by atoms with Crippen molar-refractivity contribution in [1.82, 2.24) is 14.5 Å². The summed E-state index contributed by atoms with van der Waals surface area (Å²) in [6.45, 7) is 2.27. The van der Waals surface area contributed by atoms with Crippen molar-refractivity contribution < 1.29 is 0 Å². The first-order valence-corrected chi connectivity index (χ1v) is 6.78. The number of H-pyrrole nitrogens is 1. The summed E-state index contributed by atoms with van der Waals surface area (Å²) in [5.41, 5.74) is 1.59. The van der Waals surface area contributed by atoms with Crippen LogP contribution in [0.2, 0.25) is 5.15 Å². The van der Waals surface area contributed by atoms with E-state index in [4.69, 9.17) is 11.6 Å². The van der Waals surface area contributed by atoms with Crippen LogP contribution in [0.25, 0.3) is 11.0 Å². The van der Waals surface area contributed by atoms with E-state index in [2.05, 4.69) is 16.9 Å². The number of aromatic nitrogens is 3. The molecule has 96 valence electrons. The highest BCUT2D eigenvalue weighted by Crippen LogP contribution is 2.32. The lowest BCUT2D eigenvalue weighted by molar-refractivity contribution is 0.290. The van der Waals surface area contributed by atoms with E-state index >= 15 is 0 Å². The van der Waals surface area contributed by atoms with Gasteiger partial charge in [-0.3, -0.25) is 4.57 Å². The van der Waals surface area contributed by atoms with E-state index < -0.39 is 0 Å². The van der Waals surface area contributed by atoms with Gasteiger partial charge in [-0.1, -0.05) is 18.5 Å². The minimum absolute atomic E-state index is 0.0476. The third-order valence-corrected chi connectivity index (χ3v) is 4.13. The monoisotopic (exact) mass is 265 g/mol. The molecule has 1 fully saturated rings. The second-order valence-corrected chi connectivity index (χ2v) is 5.63. The van der Waals surface area contributed by atoms with E-state index in [1.807, 2.05) is 4.57 Å². The first-order valence-electron chi connectivity index (χ1n) is 6.41. The van der Waals surface area contributed by atoms with Crippen LogP contribution in [0.1, 0.15) is 38.6 Å². The average molecular weight is 266 g/mol. The maximum Gasteiger partial charge on any atom is 0.326 e. The molecule has 0 spiro atoms. The lowest BCUT2D eigenvalue weighted by atomic mass is 9.87. The van der Waals surface area contributed by atoms with Crippen molar-refractivity contribution >= 4 is 22.6 Å². The zero-order chi connectivity index (χ0) is 12.7. The van der Waals surface area contributed by atoms with E-state index in [0.29, 0.717) is 11.2 Å². The molecule has 1 saturated carbocycles. The smallest absolute Gasteiger partial charge is 0.304 e. The van der Waals surface area contributed by atoms with Crippen molar-refractivity contribution in [2.45, 2.75) is 38.6 Å². The fraction of sp³-hybridized carbons (Fsp3) is 0.538. The molecule has 1 N–H and O–H groups in total. The Balaban J connectivity index is 2.08. The predicted octanol–water partition coefficient (Wildman–Crippen LogP) is 3.13. The molecule has 1 aliphatic rings. The van der Waals surface area contributed by atoms with Crippen LogP contribution in [-0.2, 0) is 0 Å². The maximum absolute atomic E-state index is 12.1. The second-order valence-electron chi connectivity index (χ2n) is 5.24. The number of hydrogen-bond acceptors (Lipinski definition) is 2. The fourth-order valence-electron chi connectivity index (χ4n) is 2.86. The largest absolute Gasteiger partial charge is 0.326 e. The number of fused-ring (bicyclic) bond motifs is 1. The van der Waals surface area contributed by atoms with E-state index in [-0.39, 0.29) is 5.69 Å². The van der Waals surface area contributed by atoms with E-state index in [0.717, 1.165) is 29.8 Å². The van der Waals surface area contributed by atoms with Crippen LogP contribution < -0.4 is 5.69 Å². The Morgan fingerprint density at radius 1 is 1.39 bits per heavy atom. The summed E-state index contributed by atoms with van der Waals surface area (Å²) in [7, 11) is 0. The van der Waals surface area contributed by atoms with Crippen LogP contribution in [0.5, 0.6) is 0 Å². The van der Waals surface area contributed by atoms with Gasteiger partial charge in [0.15, 0.2) is 0 Å². The number of aromatic amines is 1. The molecule has 2 heterocycles. The Hall–Kier alpha value is -1.29. The van der Waals surface area contributed by atoms with Crippen molar-refractivity contribution in [2.24, 2.45) is 5.92 Å². The molecule has 0 atom stereocenters. The Labute approximate surface area is 110 Å². The molecule has 18 heavy (non-hydrogen) atoms. The van der Waals surface area contributed by atoms with Crippen LogP contribution >= 0.6 is 11.6 Å². The van der Waals surface area contributed by atoms with Crippen LogP contribution in [-0.4, -0.2) is 14.5 Å². The Morgan fingerprint density at radius 3 is 2.83 bits per heavy atom. The lowest BCUT2D eigenvalue weighted by Gasteiger charge is -2.27. The molecule has 0 radical (unpaired) electrons. The highest BCUT2D eigenvalue weighted by atomic mass is 35.5. The molecule has 0 aromatic carbocycles. The van der Waals surface area contributed by atoms with Gasteiger partial charge in [-0.25, -0.2) is 9.78 Å². The summed E-state index contributed by atoms with van der Waals surface area (Å²) >= 11 is 5.92. The van der Waals surface area contributed by atoms with Crippen LogP contribution in [0, 0.1) is 5.92 Å². The van der Waals surface area contributed by atoms with Gasteiger partial charge in [-0.05, 0) is 31.6 Å². The lowest BCUT2D eigenvalue weighted by Crippen LogP contribution is -2.25. The van der Waals surface area contributed by atoms with Gasteiger partial charge in [0.25, 0.3) is 0 Å². The van der Waals surface area contributed by atoms with E-state index in [1.54, 1.807) is 12.3 Å². The van der Waals surface area contributed by atoms with Crippen LogP contribution in [0.15, 0.2) is 17.1 Å². The van der Waals surface area contributed by atoms with Gasteiger partial charge in [0.1, 0.15) is 5.15 Å². The van der Waals surface area contributed by atoms with E-state index in [9.17, 15) is 4.79 Å². The average Bonchev–Trinajstić information content (AvgIpc) is 2.66. The highest BCUT2D eigenvalue weighted by molar-refractivity contribution is 6.29. The Bertz CT molecular complexity index is 623. The van der Waals surface area contributed by atoms with Crippen molar-refractivity contribution in [2.75, 3.05) is 0 Å². The maximum atomic E-state index is 12.1. The summed E-state index contributed by atoms with van der Waals surface area (Å²) in [5.74, 6) is 0.771. The van der Waals surface area contributed by atoms with E-state index in [1.165, 1.54) is 12.8 Å². The number of imidazole rings is 1. The third kappa shape index (κ3) is 1.94. The van der Waals surface area contributed by atoms with Gasteiger partial charge < -0.3 is 4.98 Å². The fourth-order valence-corrected chi connectivity index (χ4v) is 3.02. The molecule has 0 amide bonds.